The van der Waals surface area contributed by atoms with Crippen LogP contribution in [0.4, 0.5) is 5.69 Å². The predicted octanol–water partition coefficient (Wildman–Crippen LogP) is 1.42. The molecule has 0 saturated heterocycles. The van der Waals surface area contributed by atoms with E-state index in [1.54, 1.807) is 24.3 Å². The van der Waals surface area contributed by atoms with Crippen LogP contribution in [0.1, 0.15) is 16.2 Å². The molecule has 1 heterocycles. The number of carboxylic acid groups (broad SMARTS) is 1. The van der Waals surface area contributed by atoms with E-state index in [-0.39, 0.29) is 5.56 Å². The van der Waals surface area contributed by atoms with Crippen LogP contribution >= 0.6 is 0 Å². The first-order valence-corrected chi connectivity index (χ1v) is 5.08. The van der Waals surface area contributed by atoms with Gasteiger partial charge in [0.15, 0.2) is 6.33 Å². The second-order valence-electron chi connectivity index (χ2n) is 3.40. The second kappa shape index (κ2) is 5.11. The van der Waals surface area contributed by atoms with Gasteiger partial charge in [-0.1, -0.05) is 11.2 Å². The van der Waals surface area contributed by atoms with Gasteiger partial charge >= 0.3 is 5.97 Å². The molecule has 2 aromatic rings. The first-order valence-electron chi connectivity index (χ1n) is 5.08. The molecule has 0 spiro atoms. The van der Waals surface area contributed by atoms with Crippen molar-refractivity contribution in [3.63, 3.8) is 0 Å². The number of aromatic nitrogens is 2. The highest BCUT2D eigenvalue weighted by Crippen LogP contribution is 2.10. The lowest BCUT2D eigenvalue weighted by Gasteiger charge is -2.05. The van der Waals surface area contributed by atoms with Crippen LogP contribution < -0.4 is 5.32 Å². The van der Waals surface area contributed by atoms with Crippen LogP contribution in [-0.2, 0) is 6.42 Å². The summed E-state index contributed by atoms with van der Waals surface area (Å²) in [6.07, 6.45) is 1.94. The summed E-state index contributed by atoms with van der Waals surface area (Å²) >= 11 is 0. The Hall–Kier alpha value is -2.37. The molecular formula is C11H11N3O3. The summed E-state index contributed by atoms with van der Waals surface area (Å²) in [5.41, 5.74) is 1.01. The zero-order chi connectivity index (χ0) is 12.1. The number of benzene rings is 1. The van der Waals surface area contributed by atoms with Crippen LogP contribution in [0.2, 0.25) is 0 Å². The number of rotatable bonds is 5. The van der Waals surface area contributed by atoms with E-state index in [4.69, 9.17) is 9.63 Å². The van der Waals surface area contributed by atoms with Crippen molar-refractivity contribution in [2.75, 3.05) is 11.9 Å². The fourth-order valence-corrected chi connectivity index (χ4v) is 1.38. The zero-order valence-electron chi connectivity index (χ0n) is 8.96. The minimum absolute atomic E-state index is 0.257. The van der Waals surface area contributed by atoms with E-state index in [9.17, 15) is 4.79 Å². The third-order valence-electron chi connectivity index (χ3n) is 2.18. The zero-order valence-corrected chi connectivity index (χ0v) is 8.96. The van der Waals surface area contributed by atoms with Gasteiger partial charge in [0, 0.05) is 18.7 Å². The lowest BCUT2D eigenvalue weighted by atomic mass is 10.2. The Balaban J connectivity index is 1.90. The van der Waals surface area contributed by atoms with Gasteiger partial charge in [-0.15, -0.1) is 0 Å². The summed E-state index contributed by atoms with van der Waals surface area (Å²) in [5.74, 6) is -0.391. The summed E-state index contributed by atoms with van der Waals surface area (Å²) in [4.78, 5) is 14.6. The van der Waals surface area contributed by atoms with E-state index in [2.05, 4.69) is 15.5 Å². The summed E-state index contributed by atoms with van der Waals surface area (Å²) < 4.78 is 4.84. The average Bonchev–Trinajstić information content (AvgIpc) is 2.82. The summed E-state index contributed by atoms with van der Waals surface area (Å²) in [7, 11) is 0. The third-order valence-corrected chi connectivity index (χ3v) is 2.18. The molecule has 17 heavy (non-hydrogen) atoms. The molecule has 2 rings (SSSR count). The lowest BCUT2D eigenvalue weighted by Crippen LogP contribution is -2.06. The monoisotopic (exact) mass is 233 g/mol. The Morgan fingerprint density at radius 3 is 3.06 bits per heavy atom. The second-order valence-corrected chi connectivity index (χ2v) is 3.40. The molecule has 2 N–H and O–H groups in total. The highest BCUT2D eigenvalue weighted by molar-refractivity contribution is 5.88. The highest BCUT2D eigenvalue weighted by Gasteiger charge is 2.03. The van der Waals surface area contributed by atoms with Gasteiger partial charge in [0.2, 0.25) is 5.89 Å². The van der Waals surface area contributed by atoms with Crippen molar-refractivity contribution in [2.24, 2.45) is 0 Å². The maximum Gasteiger partial charge on any atom is 0.335 e. The van der Waals surface area contributed by atoms with Gasteiger partial charge in [0.1, 0.15) is 0 Å². The lowest BCUT2D eigenvalue weighted by molar-refractivity contribution is 0.0697. The smallest absolute Gasteiger partial charge is 0.335 e. The van der Waals surface area contributed by atoms with Crippen molar-refractivity contribution < 1.29 is 14.4 Å². The van der Waals surface area contributed by atoms with Crippen LogP contribution in [0.5, 0.6) is 0 Å². The molecule has 1 aromatic heterocycles. The van der Waals surface area contributed by atoms with Crippen molar-refractivity contribution >= 4 is 11.7 Å². The Kier molecular flexibility index (Phi) is 3.34. The van der Waals surface area contributed by atoms with Crippen LogP contribution in [0.25, 0.3) is 0 Å². The molecule has 88 valence electrons. The number of anilines is 1. The van der Waals surface area contributed by atoms with E-state index < -0.39 is 5.97 Å². The van der Waals surface area contributed by atoms with Crippen molar-refractivity contribution in [1.29, 1.82) is 0 Å². The molecule has 0 aliphatic carbocycles. The maximum absolute atomic E-state index is 10.8. The Labute approximate surface area is 97.3 Å². The molecule has 0 fully saturated rings. The number of aromatic carboxylic acids is 1. The number of carboxylic acids is 1. The number of nitrogens with zero attached hydrogens (tertiary/aromatic N) is 2. The minimum atomic E-state index is -0.939. The van der Waals surface area contributed by atoms with Crippen LogP contribution in [0.15, 0.2) is 35.1 Å². The molecule has 0 amide bonds. The number of nitrogens with one attached hydrogen (secondary N) is 1. The first-order chi connectivity index (χ1) is 8.25. The van der Waals surface area contributed by atoms with Gasteiger partial charge in [0.25, 0.3) is 0 Å². The fourth-order valence-electron chi connectivity index (χ4n) is 1.38. The predicted molar refractivity (Wildman–Crippen MR) is 59.9 cm³/mol. The molecular weight excluding hydrogens is 222 g/mol. The summed E-state index contributed by atoms with van der Waals surface area (Å²) in [6.45, 7) is 0.602. The van der Waals surface area contributed by atoms with Crippen molar-refractivity contribution in [1.82, 2.24) is 10.1 Å². The van der Waals surface area contributed by atoms with Gasteiger partial charge in [-0.25, -0.2) is 4.79 Å². The molecule has 0 bridgehead atoms. The molecule has 0 saturated carbocycles. The number of hydrogen-bond donors (Lipinski definition) is 2. The minimum Gasteiger partial charge on any atom is -0.478 e. The van der Waals surface area contributed by atoms with Gasteiger partial charge in [-0.2, -0.15) is 4.98 Å². The van der Waals surface area contributed by atoms with Crippen LogP contribution in [-0.4, -0.2) is 27.8 Å². The SMILES string of the molecule is O=C(O)c1cccc(NCCc2ncno2)c1. The van der Waals surface area contributed by atoms with Gasteiger partial charge in [-0.3, -0.25) is 0 Å². The van der Waals surface area contributed by atoms with E-state index in [0.29, 0.717) is 18.9 Å². The molecule has 0 atom stereocenters. The molecule has 1 aromatic carbocycles. The van der Waals surface area contributed by atoms with Crippen LogP contribution in [0.3, 0.4) is 0 Å². The first kappa shape index (κ1) is 11.1. The van der Waals surface area contributed by atoms with Gasteiger partial charge < -0.3 is 14.9 Å². The largest absolute Gasteiger partial charge is 0.478 e. The average molecular weight is 233 g/mol. The highest BCUT2D eigenvalue weighted by atomic mass is 16.5. The molecule has 0 radical (unpaired) electrons. The number of hydrogen-bond acceptors (Lipinski definition) is 5. The maximum atomic E-state index is 10.8. The Bertz CT molecular complexity index is 496. The van der Waals surface area contributed by atoms with Crippen molar-refractivity contribution in [2.45, 2.75) is 6.42 Å². The topological polar surface area (TPSA) is 88.2 Å². The molecule has 6 nitrogen and oxygen atoms in total. The standard InChI is InChI=1S/C11H11N3O3/c15-11(16)8-2-1-3-9(6-8)12-5-4-10-13-7-14-17-10/h1-3,6-7,12H,4-5H2,(H,15,16). The Morgan fingerprint density at radius 1 is 1.47 bits per heavy atom. The molecule has 0 unspecified atom stereocenters. The van der Waals surface area contributed by atoms with Crippen LogP contribution in [0, 0.1) is 0 Å². The van der Waals surface area contributed by atoms with Crippen molar-refractivity contribution in [3.05, 3.63) is 42.0 Å². The molecule has 0 aliphatic heterocycles. The van der Waals surface area contributed by atoms with E-state index in [1.807, 2.05) is 0 Å². The molecule has 0 aliphatic rings. The fraction of sp³-hybridized carbons (Fsp3) is 0.182. The number of carbonyl (C=O) groups is 1. The molecule has 6 heteroatoms. The van der Waals surface area contributed by atoms with Gasteiger partial charge in [-0.05, 0) is 18.2 Å². The quantitative estimate of drug-likeness (QED) is 0.812. The normalized spacial score (nSPS) is 10.1. The van der Waals surface area contributed by atoms with E-state index in [1.165, 1.54) is 6.33 Å². The van der Waals surface area contributed by atoms with Gasteiger partial charge in [0.05, 0.1) is 5.56 Å². The summed E-state index contributed by atoms with van der Waals surface area (Å²) in [5, 5.41) is 15.4. The van der Waals surface area contributed by atoms with E-state index in [0.717, 1.165) is 5.69 Å². The third kappa shape index (κ3) is 3.04. The Morgan fingerprint density at radius 2 is 2.35 bits per heavy atom. The van der Waals surface area contributed by atoms with Crippen molar-refractivity contribution in [3.8, 4) is 0 Å². The van der Waals surface area contributed by atoms with E-state index >= 15 is 0 Å². The summed E-state index contributed by atoms with van der Waals surface area (Å²) in [6, 6.07) is 6.63.